The van der Waals surface area contributed by atoms with E-state index in [2.05, 4.69) is 10.6 Å². The van der Waals surface area contributed by atoms with E-state index in [4.69, 9.17) is 9.68 Å². The second kappa shape index (κ2) is 7.13. The molecule has 0 unspecified atom stereocenters. The molecular weight excluding hydrogens is 228 g/mol. The Hall–Kier alpha value is -1.28. The van der Waals surface area contributed by atoms with Crippen molar-refractivity contribution >= 4 is 0 Å². The molecule has 0 heterocycles. The Labute approximate surface area is 99.6 Å². The Morgan fingerprint density at radius 2 is 1.29 bits per heavy atom. The van der Waals surface area contributed by atoms with Crippen LogP contribution in [0.3, 0.4) is 0 Å². The highest BCUT2D eigenvalue weighted by Gasteiger charge is 2.35. The van der Waals surface area contributed by atoms with E-state index < -0.39 is 0 Å². The van der Waals surface area contributed by atoms with Crippen LogP contribution < -0.4 is 0 Å². The number of rotatable bonds is 6. The third-order valence-corrected chi connectivity index (χ3v) is 3.05. The monoisotopic (exact) mass is 246 g/mol. The lowest BCUT2D eigenvalue weighted by Gasteiger charge is -2.32. The quantitative estimate of drug-likeness (QED) is 0.403. The highest BCUT2D eigenvalue weighted by molar-refractivity contribution is 4.82. The summed E-state index contributed by atoms with van der Waals surface area (Å²) in [4.78, 5) is 31.1. The summed E-state index contributed by atoms with van der Waals surface area (Å²) in [6.45, 7) is 0. The summed E-state index contributed by atoms with van der Waals surface area (Å²) in [5.74, 6) is 0. The first-order valence-electron chi connectivity index (χ1n) is 5.61. The molecule has 0 N–H and O–H groups in total. The molecule has 0 aromatic heterocycles. The van der Waals surface area contributed by atoms with Crippen molar-refractivity contribution in [2.24, 2.45) is 10.6 Å². The van der Waals surface area contributed by atoms with Crippen LogP contribution in [0.2, 0.25) is 0 Å². The zero-order valence-corrected chi connectivity index (χ0v) is 10.1. The molecule has 0 radical (unpaired) electrons. The zero-order chi connectivity index (χ0) is 12.7. The first kappa shape index (κ1) is 13.8. The lowest BCUT2D eigenvalue weighted by atomic mass is 10.0. The molecule has 2 atom stereocenters. The van der Waals surface area contributed by atoms with Gasteiger partial charge in [-0.25, -0.2) is 0 Å². The first-order chi connectivity index (χ1) is 8.28. The summed E-state index contributed by atoms with van der Waals surface area (Å²) in [7, 11) is 2.74. The predicted molar refractivity (Wildman–Crippen MR) is 59.9 cm³/mol. The van der Waals surface area contributed by atoms with Crippen LogP contribution in [0.4, 0.5) is 0 Å². The predicted octanol–water partition coefficient (Wildman–Crippen LogP) is 1.78. The second-order valence-electron chi connectivity index (χ2n) is 3.91. The zero-order valence-electron chi connectivity index (χ0n) is 10.1. The summed E-state index contributed by atoms with van der Waals surface area (Å²) in [6, 6.07) is -0.643. The van der Waals surface area contributed by atoms with Crippen LogP contribution in [0.5, 0.6) is 0 Å². The SMILES string of the molecule is CON(N=O)[C@@H]1CCCCC[C@@H]1N(N=O)OC. The highest BCUT2D eigenvalue weighted by Crippen LogP contribution is 2.27. The van der Waals surface area contributed by atoms with Gasteiger partial charge in [0.15, 0.2) is 0 Å². The fourth-order valence-electron chi connectivity index (χ4n) is 2.24. The molecule has 1 fully saturated rings. The van der Waals surface area contributed by atoms with Crippen molar-refractivity contribution in [2.45, 2.75) is 44.2 Å². The van der Waals surface area contributed by atoms with Gasteiger partial charge in [0.05, 0.1) is 24.8 Å². The smallest absolute Gasteiger partial charge is 0.104 e. The number of hydrogen-bond donors (Lipinski definition) is 0. The van der Waals surface area contributed by atoms with E-state index in [1.807, 2.05) is 0 Å². The molecular formula is C9H18N4O4. The van der Waals surface area contributed by atoms with Crippen molar-refractivity contribution in [3.05, 3.63) is 9.81 Å². The molecule has 17 heavy (non-hydrogen) atoms. The average molecular weight is 246 g/mol. The van der Waals surface area contributed by atoms with Gasteiger partial charge in [0.2, 0.25) is 0 Å². The van der Waals surface area contributed by atoms with E-state index in [0.29, 0.717) is 12.8 Å². The highest BCUT2D eigenvalue weighted by atomic mass is 16.7. The van der Waals surface area contributed by atoms with Gasteiger partial charge in [-0.2, -0.15) is 0 Å². The third kappa shape index (κ3) is 3.34. The molecule has 1 rings (SSSR count). The first-order valence-corrected chi connectivity index (χ1v) is 5.61. The molecule has 0 spiro atoms. The molecule has 1 saturated carbocycles. The van der Waals surface area contributed by atoms with Crippen molar-refractivity contribution in [1.82, 2.24) is 10.3 Å². The van der Waals surface area contributed by atoms with Gasteiger partial charge in [-0.1, -0.05) is 19.3 Å². The largest absolute Gasteiger partial charge is 0.257 e. The number of hydrogen-bond acceptors (Lipinski definition) is 6. The third-order valence-electron chi connectivity index (χ3n) is 3.05. The van der Waals surface area contributed by atoms with Crippen LogP contribution in [0.1, 0.15) is 32.1 Å². The topological polar surface area (TPSA) is 83.8 Å². The molecule has 0 bridgehead atoms. The Morgan fingerprint density at radius 1 is 0.882 bits per heavy atom. The van der Waals surface area contributed by atoms with E-state index >= 15 is 0 Å². The Morgan fingerprint density at radius 3 is 1.59 bits per heavy atom. The molecule has 0 aromatic rings. The molecule has 8 heteroatoms. The van der Waals surface area contributed by atoms with Crippen LogP contribution >= 0.6 is 0 Å². The van der Waals surface area contributed by atoms with Crippen LogP contribution in [0, 0.1) is 9.81 Å². The minimum atomic E-state index is -0.322. The maximum absolute atomic E-state index is 10.7. The van der Waals surface area contributed by atoms with Crippen molar-refractivity contribution in [2.75, 3.05) is 14.2 Å². The van der Waals surface area contributed by atoms with Gasteiger partial charge >= 0.3 is 0 Å². The van der Waals surface area contributed by atoms with Crippen molar-refractivity contribution < 1.29 is 9.68 Å². The maximum Gasteiger partial charge on any atom is 0.104 e. The van der Waals surface area contributed by atoms with Gasteiger partial charge in [0.25, 0.3) is 0 Å². The summed E-state index contributed by atoms with van der Waals surface area (Å²) in [5, 5.41) is 7.58. The number of hydroxylamine groups is 2. The standard InChI is InChI=1S/C9H18N4O4/c1-16-12(10-14)8-6-4-3-5-7-9(8)13(11-15)17-2/h8-9H,3-7H2,1-2H3/t8-,9+. The summed E-state index contributed by atoms with van der Waals surface area (Å²) >= 11 is 0. The van der Waals surface area contributed by atoms with Crippen LogP contribution in [-0.2, 0) is 9.68 Å². The van der Waals surface area contributed by atoms with Crippen LogP contribution in [0.15, 0.2) is 10.6 Å². The Kier molecular flexibility index (Phi) is 5.78. The lowest BCUT2D eigenvalue weighted by molar-refractivity contribution is -0.228. The lowest BCUT2D eigenvalue weighted by Crippen LogP contribution is -2.47. The second-order valence-corrected chi connectivity index (χ2v) is 3.91. The molecule has 98 valence electrons. The molecule has 8 nitrogen and oxygen atoms in total. The summed E-state index contributed by atoms with van der Waals surface area (Å²) in [5.41, 5.74) is 0. The van der Waals surface area contributed by atoms with E-state index in [1.54, 1.807) is 0 Å². The fourth-order valence-corrected chi connectivity index (χ4v) is 2.24. The summed E-state index contributed by atoms with van der Waals surface area (Å²) < 4.78 is 0. The van der Waals surface area contributed by atoms with Gasteiger partial charge < -0.3 is 0 Å². The van der Waals surface area contributed by atoms with Gasteiger partial charge in [0, 0.05) is 0 Å². The van der Waals surface area contributed by atoms with Crippen molar-refractivity contribution in [3.8, 4) is 0 Å². The molecule has 0 amide bonds. The minimum Gasteiger partial charge on any atom is -0.257 e. The molecule has 0 saturated heterocycles. The van der Waals surface area contributed by atoms with Crippen LogP contribution in [0.25, 0.3) is 0 Å². The van der Waals surface area contributed by atoms with E-state index in [-0.39, 0.29) is 12.1 Å². The van der Waals surface area contributed by atoms with E-state index in [0.717, 1.165) is 29.6 Å². The summed E-state index contributed by atoms with van der Waals surface area (Å²) in [6.07, 6.45) is 4.36. The Balaban J connectivity index is 2.84. The van der Waals surface area contributed by atoms with Gasteiger partial charge in [-0.3, -0.25) is 9.68 Å². The average Bonchev–Trinajstić information content (AvgIpc) is 2.59. The van der Waals surface area contributed by atoms with Gasteiger partial charge in [0.1, 0.15) is 12.1 Å². The maximum atomic E-state index is 10.7. The minimum absolute atomic E-state index is 0.322. The van der Waals surface area contributed by atoms with E-state index in [9.17, 15) is 9.81 Å². The molecule has 1 aliphatic rings. The molecule has 0 aliphatic heterocycles. The molecule has 1 aliphatic carbocycles. The van der Waals surface area contributed by atoms with Crippen molar-refractivity contribution in [1.29, 1.82) is 0 Å². The number of nitrogens with zero attached hydrogens (tertiary/aromatic N) is 4. The van der Waals surface area contributed by atoms with E-state index in [1.165, 1.54) is 14.2 Å². The van der Waals surface area contributed by atoms with Crippen LogP contribution in [-0.4, -0.2) is 36.6 Å². The number of nitroso groups, excluding NO2 is 2. The van der Waals surface area contributed by atoms with Gasteiger partial charge in [-0.15, -0.1) is 20.2 Å². The fraction of sp³-hybridized carbons (Fsp3) is 1.00. The van der Waals surface area contributed by atoms with Crippen molar-refractivity contribution in [3.63, 3.8) is 0 Å². The Bertz CT molecular complexity index is 229. The van der Waals surface area contributed by atoms with Gasteiger partial charge in [-0.05, 0) is 12.8 Å². The normalized spacial score (nSPS) is 24.8. The molecule has 0 aromatic carbocycles.